The Kier molecular flexibility index (Phi) is 9.19. The van der Waals surface area contributed by atoms with Gasteiger partial charge >= 0.3 is 10.6 Å². The lowest BCUT2D eigenvalue weighted by Crippen LogP contribution is -2.63. The van der Waals surface area contributed by atoms with Gasteiger partial charge in [0.25, 0.3) is 0 Å². The van der Waals surface area contributed by atoms with Gasteiger partial charge in [-0.15, -0.1) is 0 Å². The molecule has 0 spiro atoms. The van der Waals surface area contributed by atoms with Crippen LogP contribution in [-0.4, -0.2) is 47.6 Å². The minimum atomic E-state index is -1.40. The van der Waals surface area contributed by atoms with Crippen LogP contribution in [0.1, 0.15) is 24.8 Å². The van der Waals surface area contributed by atoms with Crippen molar-refractivity contribution in [2.24, 2.45) is 0 Å². The molecule has 0 aliphatic heterocycles. The van der Waals surface area contributed by atoms with E-state index in [1.807, 2.05) is 0 Å². The SMILES string of the molecule is C[Si](C)(C)N(C1CC=C(c2ccccc2)CC1)[Si](C)(C)C.O=C(O)SC(=O)O. The zero-order chi connectivity index (χ0) is 21.5. The topological polar surface area (TPSA) is 77.8 Å². The van der Waals surface area contributed by atoms with Gasteiger partial charge in [0.15, 0.2) is 0 Å². The van der Waals surface area contributed by atoms with Gasteiger partial charge in [0.05, 0.1) is 11.8 Å². The molecular weight excluding hydrogens is 406 g/mol. The molecule has 0 amide bonds. The van der Waals surface area contributed by atoms with Crippen molar-refractivity contribution in [2.75, 3.05) is 0 Å². The number of carboxylic acid groups (broad SMARTS) is 2. The first-order valence-electron chi connectivity index (χ1n) is 9.50. The number of rotatable bonds is 4. The Morgan fingerprint density at radius 1 is 0.964 bits per heavy atom. The molecule has 0 aromatic heterocycles. The summed E-state index contributed by atoms with van der Waals surface area (Å²) in [7, 11) is -2.49. The van der Waals surface area contributed by atoms with Gasteiger partial charge in [-0.25, -0.2) is 9.59 Å². The number of benzene rings is 1. The first kappa shape index (κ1) is 24.7. The van der Waals surface area contributed by atoms with Gasteiger partial charge in [0.2, 0.25) is 0 Å². The van der Waals surface area contributed by atoms with Gasteiger partial charge < -0.3 is 14.4 Å². The summed E-state index contributed by atoms with van der Waals surface area (Å²) in [4.78, 5) is 18.8. The Hall–Kier alpha value is -1.36. The van der Waals surface area contributed by atoms with Crippen LogP contribution in [-0.2, 0) is 0 Å². The largest absolute Gasteiger partial charge is 0.473 e. The molecule has 1 aliphatic carbocycles. The van der Waals surface area contributed by atoms with E-state index in [0.29, 0.717) is 0 Å². The zero-order valence-corrected chi connectivity index (χ0v) is 20.5. The van der Waals surface area contributed by atoms with Crippen LogP contribution >= 0.6 is 11.8 Å². The monoisotopic (exact) mass is 439 g/mol. The summed E-state index contributed by atoms with van der Waals surface area (Å²) in [6.07, 6.45) is 6.31. The maximum Gasteiger partial charge on any atom is 0.376 e. The van der Waals surface area contributed by atoms with Crippen molar-refractivity contribution < 1.29 is 19.8 Å². The summed E-state index contributed by atoms with van der Waals surface area (Å²) >= 11 is -0.157. The molecule has 2 rings (SSSR count). The number of hydrogen-bond donors (Lipinski definition) is 2. The van der Waals surface area contributed by atoms with E-state index in [1.165, 1.54) is 24.8 Å². The molecule has 1 unspecified atom stereocenters. The summed E-state index contributed by atoms with van der Waals surface area (Å²) in [6.45, 7) is 15.1. The Morgan fingerprint density at radius 2 is 1.46 bits per heavy atom. The number of carbonyl (C=O) groups is 2. The van der Waals surface area contributed by atoms with Crippen LogP contribution in [0, 0.1) is 0 Å². The van der Waals surface area contributed by atoms with Crippen molar-refractivity contribution in [1.82, 2.24) is 4.23 Å². The molecule has 0 saturated carbocycles. The molecule has 1 aromatic rings. The highest BCUT2D eigenvalue weighted by atomic mass is 32.2. The van der Waals surface area contributed by atoms with Crippen molar-refractivity contribution in [1.29, 1.82) is 0 Å². The molecular formula is C20H33NO4SSi2. The highest BCUT2D eigenvalue weighted by Crippen LogP contribution is 2.34. The van der Waals surface area contributed by atoms with Crippen molar-refractivity contribution in [3.8, 4) is 0 Å². The van der Waals surface area contributed by atoms with Crippen molar-refractivity contribution in [3.63, 3.8) is 0 Å². The van der Waals surface area contributed by atoms with E-state index in [2.05, 4.69) is 79.9 Å². The van der Waals surface area contributed by atoms with E-state index in [4.69, 9.17) is 10.2 Å². The maximum atomic E-state index is 9.39. The summed E-state index contributed by atoms with van der Waals surface area (Å²) in [5.74, 6) is 0. The molecule has 5 nitrogen and oxygen atoms in total. The molecule has 0 heterocycles. The van der Waals surface area contributed by atoms with E-state index in [-0.39, 0.29) is 11.8 Å². The Morgan fingerprint density at radius 3 is 1.79 bits per heavy atom. The number of thioether (sulfide) groups is 1. The van der Waals surface area contributed by atoms with Crippen LogP contribution in [0.4, 0.5) is 9.59 Å². The lowest BCUT2D eigenvalue weighted by atomic mass is 9.91. The van der Waals surface area contributed by atoms with Crippen LogP contribution in [0.25, 0.3) is 5.57 Å². The second kappa shape index (κ2) is 10.4. The third kappa shape index (κ3) is 8.34. The van der Waals surface area contributed by atoms with Gasteiger partial charge in [0, 0.05) is 6.04 Å². The summed E-state index contributed by atoms with van der Waals surface area (Å²) in [5.41, 5.74) is 2.97. The smallest absolute Gasteiger partial charge is 0.376 e. The van der Waals surface area contributed by atoms with Crippen LogP contribution in [0.15, 0.2) is 36.4 Å². The second-order valence-corrected chi connectivity index (χ2v) is 19.9. The lowest BCUT2D eigenvalue weighted by Gasteiger charge is -2.49. The van der Waals surface area contributed by atoms with E-state index in [9.17, 15) is 9.59 Å². The molecule has 1 atom stereocenters. The average molecular weight is 440 g/mol. The fourth-order valence-corrected chi connectivity index (χ4v) is 15.0. The summed E-state index contributed by atoms with van der Waals surface area (Å²) in [6, 6.07) is 11.7. The third-order valence-corrected chi connectivity index (χ3v) is 12.5. The van der Waals surface area contributed by atoms with E-state index in [1.54, 1.807) is 5.57 Å². The van der Waals surface area contributed by atoms with Gasteiger partial charge in [-0.3, -0.25) is 0 Å². The second-order valence-electron chi connectivity index (χ2n) is 8.87. The Labute approximate surface area is 175 Å². The highest BCUT2D eigenvalue weighted by Gasteiger charge is 2.39. The average Bonchev–Trinajstić information content (AvgIpc) is 2.53. The third-order valence-electron chi connectivity index (χ3n) is 4.51. The number of nitrogens with zero attached hydrogens (tertiary/aromatic N) is 1. The van der Waals surface area contributed by atoms with Crippen LogP contribution in [0.5, 0.6) is 0 Å². The molecule has 1 aromatic carbocycles. The number of allylic oxidation sites excluding steroid dienone is 1. The molecule has 0 saturated heterocycles. The molecule has 0 radical (unpaired) electrons. The van der Waals surface area contributed by atoms with Crippen LogP contribution in [0.2, 0.25) is 39.3 Å². The highest BCUT2D eigenvalue weighted by molar-refractivity contribution is 8.25. The van der Waals surface area contributed by atoms with E-state index < -0.39 is 27.1 Å². The van der Waals surface area contributed by atoms with Gasteiger partial charge in [-0.05, 0) is 30.4 Å². The normalized spacial score (nSPS) is 17.4. The Bertz CT molecular complexity index is 670. The molecule has 0 bridgehead atoms. The summed E-state index contributed by atoms with van der Waals surface area (Å²) < 4.78 is 2.98. The van der Waals surface area contributed by atoms with Crippen molar-refractivity contribution in [3.05, 3.63) is 42.0 Å². The first-order valence-corrected chi connectivity index (χ1v) is 17.2. The molecule has 0 fully saturated rings. The van der Waals surface area contributed by atoms with Crippen molar-refractivity contribution in [2.45, 2.75) is 64.6 Å². The molecule has 1 aliphatic rings. The van der Waals surface area contributed by atoms with Crippen LogP contribution in [0.3, 0.4) is 0 Å². The fraction of sp³-hybridized carbons (Fsp3) is 0.500. The zero-order valence-electron chi connectivity index (χ0n) is 17.7. The fourth-order valence-electron chi connectivity index (χ4n) is 4.15. The van der Waals surface area contributed by atoms with E-state index in [0.717, 1.165) is 6.04 Å². The quantitative estimate of drug-likeness (QED) is 0.510. The van der Waals surface area contributed by atoms with Gasteiger partial charge in [-0.2, -0.15) is 0 Å². The lowest BCUT2D eigenvalue weighted by molar-refractivity contribution is 0.217. The standard InChI is InChI=1S/C18H31NSi2.C2H2O4S/c1-20(2,3)19(21(4,5)6)18-14-12-17(13-15-18)16-10-8-7-9-11-16;3-1(4)7-2(5)6/h7-12,18H,13-15H2,1-6H3;(H,3,4)(H,5,6). The minimum absolute atomic E-state index is 0.157. The van der Waals surface area contributed by atoms with Gasteiger partial charge in [0.1, 0.15) is 16.5 Å². The molecule has 2 N–H and O–H groups in total. The van der Waals surface area contributed by atoms with E-state index >= 15 is 0 Å². The summed E-state index contributed by atoms with van der Waals surface area (Å²) in [5, 5.41) is 12.5. The number of hydrogen-bond acceptors (Lipinski definition) is 4. The van der Waals surface area contributed by atoms with Crippen molar-refractivity contribution >= 4 is 44.4 Å². The first-order chi connectivity index (χ1) is 12.8. The molecule has 156 valence electrons. The van der Waals surface area contributed by atoms with Crippen LogP contribution < -0.4 is 0 Å². The Balaban J connectivity index is 0.000000480. The predicted molar refractivity (Wildman–Crippen MR) is 124 cm³/mol. The predicted octanol–water partition coefficient (Wildman–Crippen LogP) is 6.67. The minimum Gasteiger partial charge on any atom is -0.473 e. The molecule has 8 heteroatoms. The maximum absolute atomic E-state index is 9.39. The molecule has 28 heavy (non-hydrogen) atoms. The van der Waals surface area contributed by atoms with Gasteiger partial charge in [-0.1, -0.05) is 75.7 Å².